The second-order valence-corrected chi connectivity index (χ2v) is 10.7. The maximum Gasteiger partial charge on any atom is 0.255 e. The Hall–Kier alpha value is -5.14. The van der Waals surface area contributed by atoms with Crippen molar-refractivity contribution in [2.75, 3.05) is 10.6 Å². The summed E-state index contributed by atoms with van der Waals surface area (Å²) < 4.78 is 0.951. The third-order valence-electron chi connectivity index (χ3n) is 6.81. The number of hydrogen-bond donors (Lipinski definition) is 2. The number of anilines is 3. The highest BCUT2D eigenvalue weighted by molar-refractivity contribution is 9.10. The zero-order valence-corrected chi connectivity index (χ0v) is 24.2. The van der Waals surface area contributed by atoms with Crippen molar-refractivity contribution in [1.82, 2.24) is 9.97 Å². The van der Waals surface area contributed by atoms with Gasteiger partial charge in [-0.3, -0.25) is 9.59 Å². The standard InChI is InChI=1S/C35H25BrN4O2/c1-22-12-18-31(29(20-22)33(41)24-10-6-3-7-11-24)38-34(42)25-13-16-27(17-14-25)37-35-39-30-19-15-26(36)21-28(30)32(40-35)23-8-4-2-5-9-23/h2-21H,1H3,(H,38,42)(H,37,39,40). The molecule has 42 heavy (non-hydrogen) atoms. The number of carbonyl (C=O) groups excluding carboxylic acids is 2. The molecular formula is C35H25BrN4O2. The number of nitrogens with one attached hydrogen (secondary N) is 2. The molecule has 0 aliphatic carbocycles. The summed E-state index contributed by atoms with van der Waals surface area (Å²) in [6.07, 6.45) is 0. The van der Waals surface area contributed by atoms with E-state index in [4.69, 9.17) is 9.97 Å². The van der Waals surface area contributed by atoms with Crippen LogP contribution in [0.4, 0.5) is 17.3 Å². The largest absolute Gasteiger partial charge is 0.324 e. The normalized spacial score (nSPS) is 10.8. The number of hydrogen-bond acceptors (Lipinski definition) is 5. The Morgan fingerprint density at radius 3 is 2.17 bits per heavy atom. The van der Waals surface area contributed by atoms with Crippen LogP contribution in [0.15, 0.2) is 126 Å². The first-order chi connectivity index (χ1) is 20.4. The summed E-state index contributed by atoms with van der Waals surface area (Å²) in [7, 11) is 0. The zero-order valence-electron chi connectivity index (χ0n) is 22.6. The monoisotopic (exact) mass is 612 g/mol. The quantitative estimate of drug-likeness (QED) is 0.176. The fraction of sp³-hybridized carbons (Fsp3) is 0.0286. The topological polar surface area (TPSA) is 84.0 Å². The van der Waals surface area contributed by atoms with E-state index in [1.165, 1.54) is 0 Å². The summed E-state index contributed by atoms with van der Waals surface area (Å²) in [5, 5.41) is 7.13. The molecule has 0 spiro atoms. The van der Waals surface area contributed by atoms with E-state index < -0.39 is 0 Å². The van der Waals surface area contributed by atoms with E-state index >= 15 is 0 Å². The molecule has 0 unspecified atom stereocenters. The second-order valence-electron chi connectivity index (χ2n) is 9.82. The molecular weight excluding hydrogens is 588 g/mol. The Morgan fingerprint density at radius 2 is 1.43 bits per heavy atom. The number of ketones is 1. The summed E-state index contributed by atoms with van der Waals surface area (Å²) >= 11 is 3.55. The molecule has 7 heteroatoms. The van der Waals surface area contributed by atoms with Gasteiger partial charge in [-0.15, -0.1) is 0 Å². The number of aromatic nitrogens is 2. The number of carbonyl (C=O) groups is 2. The van der Waals surface area contributed by atoms with Gasteiger partial charge in [-0.25, -0.2) is 9.97 Å². The van der Waals surface area contributed by atoms with Gasteiger partial charge in [0.25, 0.3) is 5.91 Å². The van der Waals surface area contributed by atoms with Crippen molar-refractivity contribution >= 4 is 55.8 Å². The molecule has 0 atom stereocenters. The Kier molecular flexibility index (Phi) is 7.58. The average Bonchev–Trinajstić information content (AvgIpc) is 3.02. The molecule has 0 aliphatic rings. The van der Waals surface area contributed by atoms with Gasteiger partial charge < -0.3 is 10.6 Å². The van der Waals surface area contributed by atoms with Crippen LogP contribution in [0.3, 0.4) is 0 Å². The average molecular weight is 614 g/mol. The van der Waals surface area contributed by atoms with E-state index in [1.807, 2.05) is 79.7 Å². The lowest BCUT2D eigenvalue weighted by Gasteiger charge is -2.13. The Balaban J connectivity index is 1.24. The Bertz CT molecular complexity index is 1930. The van der Waals surface area contributed by atoms with Crippen molar-refractivity contribution in [3.05, 3.63) is 148 Å². The van der Waals surface area contributed by atoms with Gasteiger partial charge >= 0.3 is 0 Å². The highest BCUT2D eigenvalue weighted by atomic mass is 79.9. The van der Waals surface area contributed by atoms with Crippen LogP contribution in [0.1, 0.15) is 31.8 Å². The first-order valence-electron chi connectivity index (χ1n) is 13.4. The number of aryl methyl sites for hydroxylation is 1. The van der Waals surface area contributed by atoms with Gasteiger partial charge in [0.2, 0.25) is 5.95 Å². The van der Waals surface area contributed by atoms with E-state index in [1.54, 1.807) is 48.5 Å². The van der Waals surface area contributed by atoms with Crippen molar-refractivity contribution < 1.29 is 9.59 Å². The summed E-state index contributed by atoms with van der Waals surface area (Å²) in [5.74, 6) is -0.0113. The maximum absolute atomic E-state index is 13.2. The molecule has 0 saturated heterocycles. The lowest BCUT2D eigenvalue weighted by Crippen LogP contribution is -2.15. The number of benzene rings is 5. The van der Waals surface area contributed by atoms with Gasteiger partial charge in [-0.05, 0) is 61.5 Å². The summed E-state index contributed by atoms with van der Waals surface area (Å²) in [5.41, 5.74) is 6.21. The summed E-state index contributed by atoms with van der Waals surface area (Å²) in [6.45, 7) is 1.92. The minimum Gasteiger partial charge on any atom is -0.324 e. The van der Waals surface area contributed by atoms with Gasteiger partial charge in [0.15, 0.2) is 5.78 Å². The number of fused-ring (bicyclic) bond motifs is 1. The van der Waals surface area contributed by atoms with Gasteiger partial charge in [0, 0.05) is 37.8 Å². The molecule has 0 radical (unpaired) electrons. The van der Waals surface area contributed by atoms with E-state index in [0.717, 1.165) is 37.9 Å². The third kappa shape index (κ3) is 5.82. The van der Waals surface area contributed by atoms with Crippen molar-refractivity contribution in [2.45, 2.75) is 6.92 Å². The van der Waals surface area contributed by atoms with E-state index in [2.05, 4.69) is 26.6 Å². The van der Waals surface area contributed by atoms with E-state index in [0.29, 0.717) is 28.3 Å². The van der Waals surface area contributed by atoms with Crippen molar-refractivity contribution in [1.29, 1.82) is 0 Å². The first-order valence-corrected chi connectivity index (χ1v) is 14.2. The number of nitrogens with zero attached hydrogens (tertiary/aromatic N) is 2. The van der Waals surface area contributed by atoms with E-state index in [9.17, 15) is 9.59 Å². The summed E-state index contributed by atoms with van der Waals surface area (Å²) in [6, 6.07) is 37.4. The molecule has 1 heterocycles. The predicted molar refractivity (Wildman–Crippen MR) is 171 cm³/mol. The van der Waals surface area contributed by atoms with Crippen molar-refractivity contribution in [3.63, 3.8) is 0 Å². The summed E-state index contributed by atoms with van der Waals surface area (Å²) in [4.78, 5) is 35.9. The SMILES string of the molecule is Cc1ccc(NC(=O)c2ccc(Nc3nc(-c4ccccc4)c4cc(Br)ccc4n3)cc2)c(C(=O)c2ccccc2)c1. The van der Waals surface area contributed by atoms with Crippen molar-refractivity contribution in [3.8, 4) is 11.3 Å². The van der Waals surface area contributed by atoms with E-state index in [-0.39, 0.29) is 11.7 Å². The van der Waals surface area contributed by atoms with Gasteiger partial charge in [-0.1, -0.05) is 88.2 Å². The Labute approximate surface area is 251 Å². The first kappa shape index (κ1) is 27.1. The predicted octanol–water partition coefficient (Wildman–Crippen LogP) is 8.59. The molecule has 5 aromatic carbocycles. The van der Waals surface area contributed by atoms with Gasteiger partial charge in [-0.2, -0.15) is 0 Å². The molecule has 0 aliphatic heterocycles. The highest BCUT2D eigenvalue weighted by Gasteiger charge is 2.17. The second kappa shape index (κ2) is 11.8. The number of halogens is 1. The lowest BCUT2D eigenvalue weighted by molar-refractivity contribution is 0.102. The molecule has 204 valence electrons. The van der Waals surface area contributed by atoms with Crippen molar-refractivity contribution in [2.24, 2.45) is 0 Å². The third-order valence-corrected chi connectivity index (χ3v) is 7.31. The fourth-order valence-electron chi connectivity index (χ4n) is 4.70. The molecule has 0 saturated carbocycles. The molecule has 6 rings (SSSR count). The fourth-order valence-corrected chi connectivity index (χ4v) is 5.06. The molecule has 1 amide bonds. The van der Waals surface area contributed by atoms with Crippen LogP contribution in [-0.2, 0) is 0 Å². The molecule has 6 aromatic rings. The molecule has 1 aromatic heterocycles. The molecule has 0 bridgehead atoms. The molecule has 2 N–H and O–H groups in total. The van der Waals surface area contributed by atoms with Crippen LogP contribution in [0.25, 0.3) is 22.2 Å². The molecule has 6 nitrogen and oxygen atoms in total. The highest BCUT2D eigenvalue weighted by Crippen LogP contribution is 2.30. The minimum atomic E-state index is -0.314. The Morgan fingerprint density at radius 1 is 0.714 bits per heavy atom. The van der Waals surface area contributed by atoms with Crippen LogP contribution in [0, 0.1) is 6.92 Å². The van der Waals surface area contributed by atoms with Crippen LogP contribution < -0.4 is 10.6 Å². The van der Waals surface area contributed by atoms with Gasteiger partial charge in [0.05, 0.1) is 16.9 Å². The maximum atomic E-state index is 13.2. The van der Waals surface area contributed by atoms with Crippen LogP contribution in [-0.4, -0.2) is 21.7 Å². The zero-order chi connectivity index (χ0) is 29.1. The van der Waals surface area contributed by atoms with Crippen LogP contribution >= 0.6 is 15.9 Å². The van der Waals surface area contributed by atoms with Crippen LogP contribution in [0.5, 0.6) is 0 Å². The van der Waals surface area contributed by atoms with Crippen LogP contribution in [0.2, 0.25) is 0 Å². The number of amides is 1. The number of rotatable bonds is 7. The molecule has 0 fully saturated rings. The smallest absolute Gasteiger partial charge is 0.255 e. The minimum absolute atomic E-state index is 0.147. The van der Waals surface area contributed by atoms with Gasteiger partial charge in [0.1, 0.15) is 0 Å². The lowest BCUT2D eigenvalue weighted by atomic mass is 9.99.